The number of allylic oxidation sites excluding steroid dienone is 8. The Morgan fingerprint density at radius 3 is 2.20 bits per heavy atom. The van der Waals surface area contributed by atoms with Crippen molar-refractivity contribution in [2.75, 3.05) is 0 Å². The Bertz CT molecular complexity index is 1420. The summed E-state index contributed by atoms with van der Waals surface area (Å²) in [6.45, 7) is 5.45. The molecule has 2 bridgehead atoms. The normalized spacial score (nSPS) is 42.5. The van der Waals surface area contributed by atoms with Crippen molar-refractivity contribution in [1.82, 2.24) is 0 Å². The molecule has 3 aliphatic rings. The van der Waals surface area contributed by atoms with Crippen LogP contribution in [0.1, 0.15) is 78.6 Å². The molecule has 316 valence electrons. The lowest BCUT2D eigenvalue weighted by atomic mass is 9.82. The maximum Gasteiger partial charge on any atom is 0.311 e. The SMILES string of the molecule is CCC(C)C1C\C=C/C=C\C=C/C=C/C=C\C(O[C@@H]2O[C@H](C)[C@@H](O)[C@H](N)[C@@H]2O)CC2OC(O)(CC(O)C(O)CCC(=O)CC(O)CC(=O)O1)CC(O)C2C(=O)O. The maximum absolute atomic E-state index is 12.6. The fraction of sp³-hybridized carbons (Fsp3) is 0.675. The number of aliphatic hydroxyl groups excluding tert-OH is 6. The maximum atomic E-state index is 12.6. The number of rotatable bonds is 5. The van der Waals surface area contributed by atoms with Crippen LogP contribution in [0.3, 0.4) is 0 Å². The number of Topliss-reactive ketones (excluding diaryl/α,β-unsaturated/α-hetero) is 1. The van der Waals surface area contributed by atoms with Gasteiger partial charge in [0.2, 0.25) is 0 Å². The summed E-state index contributed by atoms with van der Waals surface area (Å²) < 4.78 is 23.2. The summed E-state index contributed by atoms with van der Waals surface area (Å²) in [6, 6.07) is -1.13. The molecule has 0 aromatic heterocycles. The van der Waals surface area contributed by atoms with Gasteiger partial charge in [0.05, 0.1) is 61.3 Å². The number of carbonyl (C=O) groups is 3. The quantitative estimate of drug-likeness (QED) is 0.174. The van der Waals surface area contributed by atoms with Crippen LogP contribution in [0.15, 0.2) is 60.8 Å². The van der Waals surface area contributed by atoms with Crippen LogP contribution in [0.5, 0.6) is 0 Å². The van der Waals surface area contributed by atoms with E-state index >= 15 is 0 Å². The first-order chi connectivity index (χ1) is 26.4. The van der Waals surface area contributed by atoms with Crippen molar-refractivity contribution in [3.8, 4) is 0 Å². The number of cyclic esters (lactones) is 1. The number of aliphatic carboxylic acids is 1. The summed E-state index contributed by atoms with van der Waals surface area (Å²) in [5, 5.41) is 85.5. The molecule has 0 aromatic carbocycles. The van der Waals surface area contributed by atoms with Gasteiger partial charge in [0.15, 0.2) is 12.1 Å². The van der Waals surface area contributed by atoms with E-state index < -0.39 is 128 Å². The zero-order chi connectivity index (χ0) is 41.6. The summed E-state index contributed by atoms with van der Waals surface area (Å²) >= 11 is 0. The van der Waals surface area contributed by atoms with Gasteiger partial charge >= 0.3 is 11.9 Å². The molecular weight excluding hydrogens is 734 g/mol. The molecule has 0 radical (unpaired) electrons. The highest BCUT2D eigenvalue weighted by Crippen LogP contribution is 2.38. The Labute approximate surface area is 327 Å². The molecule has 15 atom stereocenters. The van der Waals surface area contributed by atoms with Gasteiger partial charge in [-0.05, 0) is 19.3 Å². The smallest absolute Gasteiger partial charge is 0.311 e. The van der Waals surface area contributed by atoms with Crippen LogP contribution in [-0.4, -0.2) is 138 Å². The summed E-state index contributed by atoms with van der Waals surface area (Å²) in [4.78, 5) is 37.7. The van der Waals surface area contributed by atoms with Gasteiger partial charge in [-0.2, -0.15) is 0 Å². The van der Waals surface area contributed by atoms with E-state index in [1.807, 2.05) is 19.9 Å². The second-order valence-electron chi connectivity index (χ2n) is 15.0. The molecule has 10 unspecified atom stereocenters. The number of ketones is 1. The fourth-order valence-corrected chi connectivity index (χ4v) is 6.85. The van der Waals surface area contributed by atoms with Gasteiger partial charge < -0.3 is 65.5 Å². The van der Waals surface area contributed by atoms with E-state index in [0.29, 0.717) is 6.42 Å². The molecule has 3 heterocycles. The monoisotopic (exact) mass is 795 g/mol. The number of nitrogens with two attached hydrogens (primary N) is 1. The Morgan fingerprint density at radius 1 is 0.929 bits per heavy atom. The van der Waals surface area contributed by atoms with Gasteiger partial charge in [-0.3, -0.25) is 14.4 Å². The third kappa shape index (κ3) is 14.7. The van der Waals surface area contributed by atoms with Crippen LogP contribution in [-0.2, 0) is 33.3 Å². The highest BCUT2D eigenvalue weighted by atomic mass is 16.7. The largest absolute Gasteiger partial charge is 0.481 e. The second-order valence-corrected chi connectivity index (χ2v) is 15.0. The zero-order valence-electron chi connectivity index (χ0n) is 32.2. The first kappa shape index (κ1) is 47.2. The summed E-state index contributed by atoms with van der Waals surface area (Å²) in [5.41, 5.74) is 5.99. The molecule has 56 heavy (non-hydrogen) atoms. The number of fused-ring (bicyclic) bond motifs is 2. The second kappa shape index (κ2) is 22.7. The van der Waals surface area contributed by atoms with E-state index in [0.717, 1.165) is 6.42 Å². The molecule has 16 heteroatoms. The highest BCUT2D eigenvalue weighted by Gasteiger charge is 2.51. The van der Waals surface area contributed by atoms with Crippen molar-refractivity contribution in [2.24, 2.45) is 17.6 Å². The third-order valence-corrected chi connectivity index (χ3v) is 10.4. The topological polar surface area (TPSA) is 276 Å². The lowest BCUT2D eigenvalue weighted by Crippen LogP contribution is -2.61. The molecule has 16 nitrogen and oxygen atoms in total. The highest BCUT2D eigenvalue weighted by molar-refractivity contribution is 5.80. The van der Waals surface area contributed by atoms with Crippen LogP contribution in [0.2, 0.25) is 0 Å². The van der Waals surface area contributed by atoms with Crippen molar-refractivity contribution in [3.05, 3.63) is 60.8 Å². The average molecular weight is 796 g/mol. The molecule has 2 fully saturated rings. The van der Waals surface area contributed by atoms with Gasteiger partial charge in [0, 0.05) is 38.5 Å². The van der Waals surface area contributed by atoms with Crippen molar-refractivity contribution in [1.29, 1.82) is 0 Å². The summed E-state index contributed by atoms with van der Waals surface area (Å²) in [5.74, 6) is -6.47. The van der Waals surface area contributed by atoms with E-state index in [4.69, 9.17) is 24.7 Å². The predicted molar refractivity (Wildman–Crippen MR) is 201 cm³/mol. The van der Waals surface area contributed by atoms with Crippen molar-refractivity contribution < 1.29 is 74.2 Å². The Balaban J connectivity index is 1.91. The Kier molecular flexibility index (Phi) is 19.2. The molecule has 3 aliphatic heterocycles. The molecule has 10 N–H and O–H groups in total. The van der Waals surface area contributed by atoms with E-state index in [2.05, 4.69) is 0 Å². The average Bonchev–Trinajstić information content (AvgIpc) is 3.11. The molecule has 3 rings (SSSR count). The van der Waals surface area contributed by atoms with Gasteiger partial charge in [0.25, 0.3) is 0 Å². The van der Waals surface area contributed by atoms with Crippen molar-refractivity contribution in [3.63, 3.8) is 0 Å². The Morgan fingerprint density at radius 2 is 1.55 bits per heavy atom. The number of aliphatic hydroxyl groups is 7. The number of carboxylic acids is 1. The number of carbonyl (C=O) groups excluding carboxylic acids is 2. The lowest BCUT2D eigenvalue weighted by molar-refractivity contribution is -0.310. The number of esters is 1. The predicted octanol–water partition coefficient (Wildman–Crippen LogP) is 0.840. The van der Waals surface area contributed by atoms with Crippen LogP contribution in [0.4, 0.5) is 0 Å². The molecule has 0 aliphatic carbocycles. The number of hydrogen-bond acceptors (Lipinski definition) is 15. The molecular formula is C40H61NO15. The standard InChI is InChI=1S/C40H61NO15/c1-4-23(2)31-15-13-11-9-7-5-6-8-10-12-14-27(54-39-37(49)35(41)36(48)24(3)53-39)20-32-34(38(50)51)30(46)22-40(52,56-32)21-29(45)28(44)17-16-25(42)18-26(43)19-33(47)55-31/h5-14,23-24,26-32,34-37,39,43-46,48-49,52H,4,15-22,41H2,1-3H3,(H,50,51)/b6-5-,9-7-,10-8+,13-11-,14-12-/t23?,24-,26?,27?,28?,29?,30?,31?,32?,34?,35+,36-,37+,39+,40?/m1/s1. The van der Waals surface area contributed by atoms with E-state index in [1.54, 1.807) is 48.6 Å². The summed E-state index contributed by atoms with van der Waals surface area (Å²) in [6.07, 6.45) is 1.21. The van der Waals surface area contributed by atoms with Gasteiger partial charge in [0.1, 0.15) is 23.9 Å². The van der Waals surface area contributed by atoms with Crippen LogP contribution < -0.4 is 5.73 Å². The third-order valence-electron chi connectivity index (χ3n) is 10.4. The number of hydrogen-bond donors (Lipinski definition) is 9. The van der Waals surface area contributed by atoms with Crippen LogP contribution in [0, 0.1) is 11.8 Å². The van der Waals surface area contributed by atoms with E-state index in [1.165, 1.54) is 13.0 Å². The molecule has 0 aromatic rings. The fourth-order valence-electron chi connectivity index (χ4n) is 6.85. The summed E-state index contributed by atoms with van der Waals surface area (Å²) in [7, 11) is 0. The molecule has 0 spiro atoms. The first-order valence-electron chi connectivity index (χ1n) is 19.3. The first-order valence-corrected chi connectivity index (χ1v) is 19.3. The van der Waals surface area contributed by atoms with Crippen LogP contribution in [0.25, 0.3) is 0 Å². The van der Waals surface area contributed by atoms with Crippen molar-refractivity contribution in [2.45, 2.75) is 158 Å². The van der Waals surface area contributed by atoms with Gasteiger partial charge in [-0.15, -0.1) is 0 Å². The number of ether oxygens (including phenoxy) is 4. The zero-order valence-corrected chi connectivity index (χ0v) is 32.2. The van der Waals surface area contributed by atoms with Gasteiger partial charge in [-0.25, -0.2) is 0 Å². The molecule has 0 amide bonds. The molecule has 0 saturated carbocycles. The molecule has 2 saturated heterocycles. The minimum absolute atomic E-state index is 0.0294. The van der Waals surface area contributed by atoms with Crippen LogP contribution >= 0.6 is 0 Å². The number of carboxylic acid groups (broad SMARTS) is 1. The van der Waals surface area contributed by atoms with E-state index in [9.17, 15) is 55.2 Å². The Hall–Kier alpha value is -3.13. The van der Waals surface area contributed by atoms with Crippen molar-refractivity contribution >= 4 is 17.7 Å². The van der Waals surface area contributed by atoms with Gasteiger partial charge in [-0.1, -0.05) is 81.0 Å². The van der Waals surface area contributed by atoms with E-state index in [-0.39, 0.29) is 25.2 Å². The minimum atomic E-state index is -2.34. The lowest BCUT2D eigenvalue weighted by Gasteiger charge is -2.45. The minimum Gasteiger partial charge on any atom is -0.481 e.